The van der Waals surface area contributed by atoms with Crippen LogP contribution in [-0.2, 0) is 0 Å². The van der Waals surface area contributed by atoms with Gasteiger partial charge >= 0.3 is 11.9 Å². The SMILES string of the molecule is CCCCCOc1ccccc1C(=O)Oc1ccccc1C(=O)O. The molecule has 0 bridgehead atoms. The summed E-state index contributed by atoms with van der Waals surface area (Å²) in [6, 6.07) is 12.8. The summed E-state index contributed by atoms with van der Waals surface area (Å²) < 4.78 is 10.9. The fourth-order valence-corrected chi connectivity index (χ4v) is 2.18. The smallest absolute Gasteiger partial charge is 0.347 e. The molecule has 0 spiro atoms. The fourth-order valence-electron chi connectivity index (χ4n) is 2.18. The fraction of sp³-hybridized carbons (Fsp3) is 0.263. The van der Waals surface area contributed by atoms with E-state index < -0.39 is 11.9 Å². The molecule has 0 atom stereocenters. The molecule has 2 aromatic carbocycles. The van der Waals surface area contributed by atoms with Gasteiger partial charge < -0.3 is 14.6 Å². The summed E-state index contributed by atoms with van der Waals surface area (Å²) in [5, 5.41) is 9.15. The molecule has 5 heteroatoms. The Balaban J connectivity index is 2.14. The molecule has 126 valence electrons. The molecule has 2 rings (SSSR count). The summed E-state index contributed by atoms with van der Waals surface area (Å²) in [5.41, 5.74) is 0.210. The Morgan fingerprint density at radius 3 is 2.21 bits per heavy atom. The van der Waals surface area contributed by atoms with E-state index in [0.29, 0.717) is 12.4 Å². The van der Waals surface area contributed by atoms with Crippen molar-refractivity contribution in [3.63, 3.8) is 0 Å². The van der Waals surface area contributed by atoms with E-state index in [4.69, 9.17) is 14.6 Å². The van der Waals surface area contributed by atoms with Crippen LogP contribution in [0.5, 0.6) is 11.5 Å². The van der Waals surface area contributed by atoms with E-state index in [1.807, 2.05) is 0 Å². The number of carboxylic acid groups (broad SMARTS) is 1. The van der Waals surface area contributed by atoms with Gasteiger partial charge in [-0.1, -0.05) is 44.0 Å². The molecule has 0 aliphatic rings. The van der Waals surface area contributed by atoms with Gasteiger partial charge in [0.1, 0.15) is 22.6 Å². The molecule has 24 heavy (non-hydrogen) atoms. The van der Waals surface area contributed by atoms with E-state index in [2.05, 4.69) is 6.92 Å². The molecule has 0 fully saturated rings. The molecule has 0 aromatic heterocycles. The zero-order valence-corrected chi connectivity index (χ0v) is 13.5. The number of benzene rings is 2. The van der Waals surface area contributed by atoms with E-state index >= 15 is 0 Å². The summed E-state index contributed by atoms with van der Waals surface area (Å²) in [6.45, 7) is 2.62. The van der Waals surface area contributed by atoms with E-state index in [1.165, 1.54) is 12.1 Å². The van der Waals surface area contributed by atoms with E-state index in [-0.39, 0.29) is 16.9 Å². The molecule has 5 nitrogen and oxygen atoms in total. The lowest BCUT2D eigenvalue weighted by molar-refractivity contribution is 0.0680. The quantitative estimate of drug-likeness (QED) is 0.447. The molecule has 0 radical (unpaired) electrons. The van der Waals surface area contributed by atoms with E-state index in [0.717, 1.165) is 19.3 Å². The Morgan fingerprint density at radius 1 is 0.917 bits per heavy atom. The van der Waals surface area contributed by atoms with Crippen LogP contribution in [0, 0.1) is 0 Å². The molecule has 0 aliphatic heterocycles. The molecule has 0 heterocycles. The number of para-hydroxylation sites is 2. The minimum atomic E-state index is -1.15. The molecule has 0 saturated heterocycles. The molecule has 2 aromatic rings. The molecule has 0 aliphatic carbocycles. The van der Waals surface area contributed by atoms with Crippen molar-refractivity contribution in [3.05, 3.63) is 59.7 Å². The van der Waals surface area contributed by atoms with E-state index in [9.17, 15) is 9.59 Å². The zero-order valence-electron chi connectivity index (χ0n) is 13.5. The second-order valence-electron chi connectivity index (χ2n) is 5.24. The van der Waals surface area contributed by atoms with Gasteiger partial charge in [0.2, 0.25) is 0 Å². The van der Waals surface area contributed by atoms with Crippen LogP contribution in [0.3, 0.4) is 0 Å². The van der Waals surface area contributed by atoms with Gasteiger partial charge in [-0.05, 0) is 30.7 Å². The second-order valence-corrected chi connectivity index (χ2v) is 5.24. The van der Waals surface area contributed by atoms with Gasteiger partial charge in [0.25, 0.3) is 0 Å². The van der Waals surface area contributed by atoms with Crippen molar-refractivity contribution in [1.82, 2.24) is 0 Å². The van der Waals surface area contributed by atoms with Crippen molar-refractivity contribution in [1.29, 1.82) is 0 Å². The Kier molecular flexibility index (Phi) is 6.37. The third-order valence-corrected chi connectivity index (χ3v) is 3.43. The molecule has 0 unspecified atom stereocenters. The molecular weight excluding hydrogens is 308 g/mol. The van der Waals surface area contributed by atoms with Crippen LogP contribution >= 0.6 is 0 Å². The number of carbonyl (C=O) groups is 2. The van der Waals surface area contributed by atoms with Crippen molar-refractivity contribution >= 4 is 11.9 Å². The van der Waals surface area contributed by atoms with Gasteiger partial charge in [-0.3, -0.25) is 0 Å². The second kappa shape index (κ2) is 8.72. The minimum absolute atomic E-state index is 0.00999. The number of carboxylic acids is 1. The van der Waals surface area contributed by atoms with Gasteiger partial charge in [0.15, 0.2) is 0 Å². The van der Waals surface area contributed by atoms with Gasteiger partial charge in [0, 0.05) is 0 Å². The first kappa shape index (κ1) is 17.5. The third kappa shape index (κ3) is 4.59. The number of hydrogen-bond acceptors (Lipinski definition) is 4. The maximum atomic E-state index is 12.4. The van der Waals surface area contributed by atoms with Crippen molar-refractivity contribution in [2.75, 3.05) is 6.61 Å². The van der Waals surface area contributed by atoms with Gasteiger partial charge in [-0.15, -0.1) is 0 Å². The van der Waals surface area contributed by atoms with Crippen LogP contribution < -0.4 is 9.47 Å². The van der Waals surface area contributed by atoms with Crippen molar-refractivity contribution in [2.24, 2.45) is 0 Å². The highest BCUT2D eigenvalue weighted by Gasteiger charge is 2.18. The number of unbranched alkanes of at least 4 members (excludes halogenated alkanes) is 2. The molecule has 0 amide bonds. The van der Waals surface area contributed by atoms with Gasteiger partial charge in [0.05, 0.1) is 6.61 Å². The molecule has 1 N–H and O–H groups in total. The Morgan fingerprint density at radius 2 is 1.54 bits per heavy atom. The summed E-state index contributed by atoms with van der Waals surface area (Å²) >= 11 is 0. The lowest BCUT2D eigenvalue weighted by atomic mass is 10.2. The zero-order chi connectivity index (χ0) is 17.4. The largest absolute Gasteiger partial charge is 0.493 e. The highest BCUT2D eigenvalue weighted by molar-refractivity contribution is 5.96. The number of hydrogen-bond donors (Lipinski definition) is 1. The Hall–Kier alpha value is -2.82. The highest BCUT2D eigenvalue weighted by atomic mass is 16.5. The average molecular weight is 328 g/mol. The average Bonchev–Trinajstić information content (AvgIpc) is 2.59. The van der Waals surface area contributed by atoms with Crippen molar-refractivity contribution < 1.29 is 24.2 Å². The van der Waals surface area contributed by atoms with Gasteiger partial charge in [-0.2, -0.15) is 0 Å². The summed E-state index contributed by atoms with van der Waals surface area (Å²) in [4.78, 5) is 23.6. The predicted molar refractivity (Wildman–Crippen MR) is 89.8 cm³/mol. The number of ether oxygens (including phenoxy) is 2. The van der Waals surface area contributed by atoms with Gasteiger partial charge in [-0.25, -0.2) is 9.59 Å². The van der Waals surface area contributed by atoms with Crippen LogP contribution in [0.4, 0.5) is 0 Å². The van der Waals surface area contributed by atoms with Crippen LogP contribution in [0.15, 0.2) is 48.5 Å². The van der Waals surface area contributed by atoms with Crippen molar-refractivity contribution in [2.45, 2.75) is 26.2 Å². The topological polar surface area (TPSA) is 72.8 Å². The first-order valence-electron chi connectivity index (χ1n) is 7.89. The number of rotatable bonds is 8. The Labute approximate surface area is 140 Å². The lowest BCUT2D eigenvalue weighted by Crippen LogP contribution is -2.13. The van der Waals surface area contributed by atoms with Crippen molar-refractivity contribution in [3.8, 4) is 11.5 Å². The van der Waals surface area contributed by atoms with Crippen LogP contribution in [0.25, 0.3) is 0 Å². The van der Waals surface area contributed by atoms with Crippen LogP contribution in [0.1, 0.15) is 46.9 Å². The highest BCUT2D eigenvalue weighted by Crippen LogP contribution is 2.23. The first-order chi connectivity index (χ1) is 11.6. The maximum Gasteiger partial charge on any atom is 0.347 e. The summed E-state index contributed by atoms with van der Waals surface area (Å²) in [5.74, 6) is -1.35. The van der Waals surface area contributed by atoms with E-state index in [1.54, 1.807) is 36.4 Å². The number of carbonyl (C=O) groups excluding carboxylic acids is 1. The van der Waals surface area contributed by atoms with Crippen LogP contribution in [-0.4, -0.2) is 23.7 Å². The maximum absolute atomic E-state index is 12.4. The predicted octanol–water partition coefficient (Wildman–Crippen LogP) is 4.17. The first-order valence-corrected chi connectivity index (χ1v) is 7.89. The summed E-state index contributed by atoms with van der Waals surface area (Å²) in [7, 11) is 0. The number of esters is 1. The normalized spacial score (nSPS) is 10.2. The van der Waals surface area contributed by atoms with Crippen LogP contribution in [0.2, 0.25) is 0 Å². The number of aromatic carboxylic acids is 1. The monoisotopic (exact) mass is 328 g/mol. The summed E-state index contributed by atoms with van der Waals surface area (Å²) in [6.07, 6.45) is 3.04. The lowest BCUT2D eigenvalue weighted by Gasteiger charge is -2.12. The molecular formula is C19H20O5. The minimum Gasteiger partial charge on any atom is -0.493 e. The molecule has 0 saturated carbocycles. The standard InChI is InChI=1S/C19H20O5/c1-2-3-8-13-23-16-11-6-5-10-15(16)19(22)24-17-12-7-4-9-14(17)18(20)21/h4-7,9-12H,2-3,8,13H2,1H3,(H,20,21). The third-order valence-electron chi connectivity index (χ3n) is 3.43. The Bertz CT molecular complexity index is 708.